The van der Waals surface area contributed by atoms with Gasteiger partial charge in [-0.2, -0.15) is 0 Å². The molecule has 3 N–H and O–H groups in total. The van der Waals surface area contributed by atoms with Crippen LogP contribution in [0.4, 0.5) is 5.13 Å². The minimum Gasteiger partial charge on any atom is -0.461 e. The molecule has 0 radical (unpaired) electrons. The number of β-lactam (4-membered cyclic amide) rings is 1. The molecule has 0 saturated carbocycles. The molecular formula is C42H42N6O8S2. The van der Waals surface area contributed by atoms with E-state index in [1.165, 1.54) is 34.9 Å². The van der Waals surface area contributed by atoms with Gasteiger partial charge in [-0.25, -0.2) is 9.78 Å². The predicted octanol–water partition coefficient (Wildman–Crippen LogP) is 4.72. The number of thioether (sulfide) groups is 1. The molecular weight excluding hydrogens is 781 g/mol. The lowest BCUT2D eigenvalue weighted by atomic mass is 9.77. The van der Waals surface area contributed by atoms with Gasteiger partial charge < -0.3 is 30.3 Å². The number of ether oxygens (including phenoxy) is 2. The Balaban J connectivity index is 1.20. The van der Waals surface area contributed by atoms with Gasteiger partial charge in [-0.15, -0.1) is 23.1 Å². The summed E-state index contributed by atoms with van der Waals surface area (Å²) in [6.45, 7) is 6.56. The molecule has 300 valence electrons. The van der Waals surface area contributed by atoms with Gasteiger partial charge in [-0.05, 0) is 37.5 Å². The Morgan fingerprint density at radius 2 is 1.53 bits per heavy atom. The molecule has 3 aliphatic rings. The molecule has 0 aliphatic carbocycles. The molecule has 0 bridgehead atoms. The summed E-state index contributed by atoms with van der Waals surface area (Å²) in [4.78, 5) is 77.3. The fourth-order valence-corrected chi connectivity index (χ4v) is 8.96. The Labute approximate surface area is 343 Å². The van der Waals surface area contributed by atoms with Crippen molar-refractivity contribution in [3.8, 4) is 0 Å². The van der Waals surface area contributed by atoms with Gasteiger partial charge in [0.15, 0.2) is 10.8 Å². The number of rotatable bonds is 13. The molecule has 3 aromatic carbocycles. The second-order valence-corrected chi connectivity index (χ2v) is 16.7. The highest BCUT2D eigenvalue weighted by Crippen LogP contribution is 2.42. The van der Waals surface area contributed by atoms with Crippen LogP contribution in [0.1, 0.15) is 56.5 Å². The number of anilines is 1. The standard InChI is InChI=1S/C42H42N6O8S2/c1-25(49)54-22-26-23-57-38-33(37(52)48(38)34(26)39(53)55-41(2,3)4)45-36(51)32(47-56-31-20-21-43-35(31)50)30-24-58-40(44-30)46-42(27-14-8-5-9-15-27,28-16-10-6-11-17-28)29-18-12-7-13-19-29/h5-19,24,31,33,38H,20-23H2,1-4H3,(H,43,50)(H,44,46)(H,45,51)/b47-32-/t31?,33-,38+/m0/s1. The van der Waals surface area contributed by atoms with Gasteiger partial charge in [0.2, 0.25) is 6.10 Å². The number of carbonyl (C=O) groups excluding carboxylic acids is 5. The molecule has 3 atom stereocenters. The monoisotopic (exact) mass is 822 g/mol. The van der Waals surface area contributed by atoms with Crippen molar-refractivity contribution in [2.75, 3.05) is 24.2 Å². The molecule has 4 heterocycles. The fraction of sp³-hybridized carbons (Fsp3) is 0.310. The highest BCUT2D eigenvalue weighted by molar-refractivity contribution is 8.00. The fourth-order valence-electron chi connectivity index (χ4n) is 6.88. The van der Waals surface area contributed by atoms with Crippen LogP contribution in [-0.4, -0.2) is 87.3 Å². The Kier molecular flexibility index (Phi) is 11.7. The summed E-state index contributed by atoms with van der Waals surface area (Å²) in [7, 11) is 0. The quantitative estimate of drug-likeness (QED) is 0.0560. The number of aromatic nitrogens is 1. The summed E-state index contributed by atoms with van der Waals surface area (Å²) in [5.41, 5.74) is 1.33. The van der Waals surface area contributed by atoms with Crippen molar-refractivity contribution < 1.29 is 38.3 Å². The summed E-state index contributed by atoms with van der Waals surface area (Å²) in [6, 6.07) is 28.8. The molecule has 2 fully saturated rings. The van der Waals surface area contributed by atoms with Crippen LogP contribution in [0.5, 0.6) is 0 Å². The maximum atomic E-state index is 14.2. The number of thiazole rings is 1. The molecule has 7 rings (SSSR count). The van der Waals surface area contributed by atoms with Crippen molar-refractivity contribution in [3.63, 3.8) is 0 Å². The van der Waals surface area contributed by atoms with E-state index in [-0.39, 0.29) is 35.4 Å². The lowest BCUT2D eigenvalue weighted by molar-refractivity contribution is -0.159. The van der Waals surface area contributed by atoms with Gasteiger partial charge in [0.25, 0.3) is 17.7 Å². The van der Waals surface area contributed by atoms with Crippen molar-refractivity contribution >= 4 is 63.6 Å². The van der Waals surface area contributed by atoms with Crippen molar-refractivity contribution in [1.82, 2.24) is 20.5 Å². The second-order valence-electron chi connectivity index (χ2n) is 14.7. The summed E-state index contributed by atoms with van der Waals surface area (Å²) < 4.78 is 10.8. The SMILES string of the molecule is CC(=O)OCC1=C(C(=O)OC(C)(C)C)N2C(=O)[C@H](NC(=O)/C(=N\OC3CCNC3=O)c3csc(NC(c4ccccc4)(c4ccccc4)c4ccccc4)n3)[C@H]2SC1. The molecule has 14 nitrogen and oxygen atoms in total. The van der Waals surface area contributed by atoms with Crippen LogP contribution in [0.2, 0.25) is 0 Å². The number of hydrogen-bond acceptors (Lipinski definition) is 13. The van der Waals surface area contributed by atoms with Gasteiger partial charge in [-0.1, -0.05) is 96.2 Å². The third-order valence-corrected chi connectivity index (χ3v) is 11.6. The third-order valence-electron chi connectivity index (χ3n) is 9.52. The summed E-state index contributed by atoms with van der Waals surface area (Å²) in [5.74, 6) is -2.76. The van der Waals surface area contributed by atoms with Crippen LogP contribution in [0, 0.1) is 0 Å². The first-order valence-electron chi connectivity index (χ1n) is 18.6. The Morgan fingerprint density at radius 1 is 0.931 bits per heavy atom. The van der Waals surface area contributed by atoms with Gasteiger partial charge >= 0.3 is 11.9 Å². The van der Waals surface area contributed by atoms with E-state index in [4.69, 9.17) is 19.3 Å². The van der Waals surface area contributed by atoms with Crippen LogP contribution < -0.4 is 16.0 Å². The highest BCUT2D eigenvalue weighted by Gasteiger charge is 2.55. The molecule has 1 unspecified atom stereocenters. The molecule has 2 saturated heterocycles. The lowest BCUT2D eigenvalue weighted by Crippen LogP contribution is -2.71. The summed E-state index contributed by atoms with van der Waals surface area (Å²) in [6.07, 6.45) is -0.577. The zero-order valence-electron chi connectivity index (χ0n) is 32.2. The predicted molar refractivity (Wildman–Crippen MR) is 219 cm³/mol. The normalized spacial score (nSPS) is 19.4. The van der Waals surface area contributed by atoms with E-state index >= 15 is 0 Å². The maximum absolute atomic E-state index is 14.2. The van der Waals surface area contributed by atoms with Crippen LogP contribution in [0.25, 0.3) is 0 Å². The molecule has 58 heavy (non-hydrogen) atoms. The number of carbonyl (C=O) groups is 5. The Bertz CT molecular complexity index is 2160. The van der Waals surface area contributed by atoms with E-state index in [9.17, 15) is 24.0 Å². The van der Waals surface area contributed by atoms with Crippen molar-refractivity contribution in [1.29, 1.82) is 0 Å². The molecule has 3 amide bonds. The average molecular weight is 823 g/mol. The molecule has 0 spiro atoms. The van der Waals surface area contributed by atoms with E-state index < -0.39 is 52.4 Å². The van der Waals surface area contributed by atoms with Crippen molar-refractivity contribution in [2.24, 2.45) is 5.16 Å². The van der Waals surface area contributed by atoms with Gasteiger partial charge in [0, 0.05) is 36.6 Å². The van der Waals surface area contributed by atoms with E-state index in [0.717, 1.165) is 16.7 Å². The van der Waals surface area contributed by atoms with E-state index in [0.29, 0.717) is 23.7 Å². The highest BCUT2D eigenvalue weighted by atomic mass is 32.2. The molecule has 3 aliphatic heterocycles. The summed E-state index contributed by atoms with van der Waals surface area (Å²) in [5, 5.41) is 14.8. The first-order valence-corrected chi connectivity index (χ1v) is 20.5. The number of benzene rings is 3. The largest absolute Gasteiger partial charge is 0.461 e. The number of esters is 2. The summed E-state index contributed by atoms with van der Waals surface area (Å²) >= 11 is 2.54. The van der Waals surface area contributed by atoms with E-state index in [1.54, 1.807) is 26.2 Å². The van der Waals surface area contributed by atoms with Crippen LogP contribution in [0.3, 0.4) is 0 Å². The van der Waals surface area contributed by atoms with Crippen LogP contribution >= 0.6 is 23.1 Å². The Morgan fingerprint density at radius 3 is 2.07 bits per heavy atom. The average Bonchev–Trinajstić information content (AvgIpc) is 3.86. The second kappa shape index (κ2) is 16.8. The van der Waals surface area contributed by atoms with Gasteiger partial charge in [0.05, 0.1) is 0 Å². The number of oxime groups is 1. The van der Waals surface area contributed by atoms with Crippen LogP contribution in [0.15, 0.2) is 113 Å². The minimum absolute atomic E-state index is 0.0196. The van der Waals surface area contributed by atoms with Crippen molar-refractivity contribution in [3.05, 3.63) is 130 Å². The van der Waals surface area contributed by atoms with Gasteiger partial charge in [0.1, 0.15) is 40.6 Å². The van der Waals surface area contributed by atoms with Crippen LogP contribution in [-0.2, 0) is 43.8 Å². The smallest absolute Gasteiger partial charge is 0.355 e. The molecule has 1 aromatic heterocycles. The number of hydrogen-bond donors (Lipinski definition) is 3. The van der Waals surface area contributed by atoms with E-state index in [1.807, 2.05) is 91.0 Å². The lowest BCUT2D eigenvalue weighted by Gasteiger charge is -2.49. The Hall–Kier alpha value is -6.00. The topological polar surface area (TPSA) is 178 Å². The van der Waals surface area contributed by atoms with E-state index in [2.05, 4.69) is 21.1 Å². The third kappa shape index (κ3) is 8.34. The number of amides is 3. The molecule has 4 aromatic rings. The van der Waals surface area contributed by atoms with Gasteiger partial charge in [-0.3, -0.25) is 24.1 Å². The first-order chi connectivity index (χ1) is 27.9. The number of nitrogens with zero attached hydrogens (tertiary/aromatic N) is 3. The zero-order chi connectivity index (χ0) is 41.0. The number of fused-ring (bicyclic) bond motifs is 1. The molecule has 16 heteroatoms. The zero-order valence-corrected chi connectivity index (χ0v) is 33.9. The van der Waals surface area contributed by atoms with Crippen molar-refractivity contribution in [2.45, 2.75) is 62.8 Å². The first kappa shape index (κ1) is 40.2. The number of nitrogens with one attached hydrogen (secondary N) is 3. The maximum Gasteiger partial charge on any atom is 0.355 e. The minimum atomic E-state index is -1.07.